The highest BCUT2D eigenvalue weighted by molar-refractivity contribution is 6.30. The van der Waals surface area contributed by atoms with E-state index in [9.17, 15) is 0 Å². The molecule has 0 aromatic heterocycles. The van der Waals surface area contributed by atoms with Crippen molar-refractivity contribution in [2.24, 2.45) is 0 Å². The number of allylic oxidation sites excluding steroid dienone is 2. The molecule has 0 saturated heterocycles. The van der Waals surface area contributed by atoms with E-state index >= 15 is 0 Å². The van der Waals surface area contributed by atoms with Gasteiger partial charge in [0.15, 0.2) is 0 Å². The number of halogens is 1. The van der Waals surface area contributed by atoms with Crippen molar-refractivity contribution in [3.63, 3.8) is 0 Å². The summed E-state index contributed by atoms with van der Waals surface area (Å²) in [5.74, 6) is 0.705. The predicted octanol–water partition coefficient (Wildman–Crippen LogP) is 4.55. The summed E-state index contributed by atoms with van der Waals surface area (Å²) in [5, 5.41) is 0.830. The van der Waals surface area contributed by atoms with Gasteiger partial charge in [-0.3, -0.25) is 0 Å². The Hall–Kier alpha value is -0.750. The molecule has 0 N–H and O–H groups in total. The van der Waals surface area contributed by atoms with Gasteiger partial charge in [-0.25, -0.2) is 0 Å². The van der Waals surface area contributed by atoms with Gasteiger partial charge in [-0.05, 0) is 49.8 Å². The van der Waals surface area contributed by atoms with Crippen LogP contribution in [0.1, 0.15) is 37.7 Å². The van der Waals surface area contributed by atoms with Gasteiger partial charge in [0.2, 0.25) is 0 Å². The minimum absolute atomic E-state index is 0.705. The highest BCUT2D eigenvalue weighted by atomic mass is 35.5. The van der Waals surface area contributed by atoms with E-state index in [-0.39, 0.29) is 0 Å². The predicted molar refractivity (Wildman–Crippen MR) is 61.8 cm³/mol. The van der Waals surface area contributed by atoms with E-state index in [0.29, 0.717) is 5.92 Å². The van der Waals surface area contributed by atoms with E-state index in [1.54, 1.807) is 0 Å². The zero-order valence-corrected chi connectivity index (χ0v) is 9.22. The van der Waals surface area contributed by atoms with Crippen LogP contribution in [0.15, 0.2) is 35.9 Å². The third kappa shape index (κ3) is 2.19. The third-order valence-electron chi connectivity index (χ3n) is 2.98. The second-order valence-corrected chi connectivity index (χ2v) is 4.51. The van der Waals surface area contributed by atoms with Gasteiger partial charge in [0.1, 0.15) is 0 Å². The number of benzene rings is 1. The van der Waals surface area contributed by atoms with Crippen LogP contribution in [0.4, 0.5) is 0 Å². The Bertz CT molecular complexity index is 335. The molecule has 1 heteroatoms. The minimum Gasteiger partial charge on any atom is -0.0850 e. The monoisotopic (exact) mass is 206 g/mol. The van der Waals surface area contributed by atoms with Gasteiger partial charge in [0.25, 0.3) is 0 Å². The van der Waals surface area contributed by atoms with Gasteiger partial charge in [0.05, 0.1) is 0 Å². The average Bonchev–Trinajstić information content (AvgIpc) is 2.21. The van der Waals surface area contributed by atoms with Crippen LogP contribution in [0.2, 0.25) is 5.02 Å². The van der Waals surface area contributed by atoms with Crippen molar-refractivity contribution in [3.05, 3.63) is 46.5 Å². The van der Waals surface area contributed by atoms with E-state index in [4.69, 9.17) is 11.6 Å². The van der Waals surface area contributed by atoms with Crippen LogP contribution >= 0.6 is 11.6 Å². The lowest BCUT2D eigenvalue weighted by atomic mass is 9.85. The summed E-state index contributed by atoms with van der Waals surface area (Å²) in [4.78, 5) is 0. The average molecular weight is 207 g/mol. The van der Waals surface area contributed by atoms with Crippen molar-refractivity contribution in [3.8, 4) is 0 Å². The summed E-state index contributed by atoms with van der Waals surface area (Å²) in [5.41, 5.74) is 2.97. The molecule has 1 aromatic carbocycles. The summed E-state index contributed by atoms with van der Waals surface area (Å²) in [6.45, 7) is 2.22. The molecule has 0 heterocycles. The molecule has 0 nitrogen and oxygen atoms in total. The van der Waals surface area contributed by atoms with Crippen LogP contribution in [0.3, 0.4) is 0 Å². The highest BCUT2D eigenvalue weighted by Gasteiger charge is 2.13. The standard InChI is InChI=1S/C13H15Cl/c1-10-2-4-11(5-3-10)12-6-8-13(14)9-7-12/h2,6-9,11H,3-5H2,1H3/t11-/m1/s1. The van der Waals surface area contributed by atoms with E-state index in [1.165, 1.54) is 30.4 Å². The maximum atomic E-state index is 5.86. The molecule has 0 aliphatic heterocycles. The molecule has 0 amide bonds. The van der Waals surface area contributed by atoms with E-state index < -0.39 is 0 Å². The maximum absolute atomic E-state index is 5.86. The Balaban J connectivity index is 2.13. The first-order valence-corrected chi connectivity index (χ1v) is 5.54. The molecule has 74 valence electrons. The SMILES string of the molecule is CC1=CC[C@@H](c2ccc(Cl)cc2)CC1. The molecule has 14 heavy (non-hydrogen) atoms. The molecule has 1 aliphatic rings. The molecule has 2 rings (SSSR count). The van der Waals surface area contributed by atoms with Crippen LogP contribution in [0, 0.1) is 0 Å². The molecule has 0 saturated carbocycles. The van der Waals surface area contributed by atoms with Crippen molar-refractivity contribution in [2.45, 2.75) is 32.1 Å². The van der Waals surface area contributed by atoms with Gasteiger partial charge in [0, 0.05) is 5.02 Å². The smallest absolute Gasteiger partial charge is 0.0406 e. The largest absolute Gasteiger partial charge is 0.0850 e. The Morgan fingerprint density at radius 1 is 1.21 bits per heavy atom. The van der Waals surface area contributed by atoms with Crippen molar-refractivity contribution >= 4 is 11.6 Å². The Labute approximate surface area is 90.6 Å². The molecule has 1 atom stereocenters. The summed E-state index contributed by atoms with van der Waals surface area (Å²) in [6, 6.07) is 8.28. The summed E-state index contributed by atoms with van der Waals surface area (Å²) < 4.78 is 0. The van der Waals surface area contributed by atoms with Crippen LogP contribution < -0.4 is 0 Å². The Morgan fingerprint density at radius 3 is 2.50 bits per heavy atom. The topological polar surface area (TPSA) is 0 Å². The molecule has 1 aliphatic carbocycles. The van der Waals surface area contributed by atoms with Gasteiger partial charge in [-0.15, -0.1) is 0 Å². The number of hydrogen-bond acceptors (Lipinski definition) is 0. The molecule has 0 bridgehead atoms. The molecule has 0 unspecified atom stereocenters. The van der Waals surface area contributed by atoms with Gasteiger partial charge in [-0.2, -0.15) is 0 Å². The molecular weight excluding hydrogens is 192 g/mol. The minimum atomic E-state index is 0.705. The lowest BCUT2D eigenvalue weighted by molar-refractivity contribution is 0.599. The van der Waals surface area contributed by atoms with Crippen molar-refractivity contribution in [2.75, 3.05) is 0 Å². The van der Waals surface area contributed by atoms with Crippen LogP contribution in [0.5, 0.6) is 0 Å². The van der Waals surface area contributed by atoms with E-state index in [1.807, 2.05) is 12.1 Å². The first-order valence-electron chi connectivity index (χ1n) is 5.17. The van der Waals surface area contributed by atoms with Gasteiger partial charge < -0.3 is 0 Å². The van der Waals surface area contributed by atoms with E-state index in [0.717, 1.165) is 5.02 Å². The highest BCUT2D eigenvalue weighted by Crippen LogP contribution is 2.32. The van der Waals surface area contributed by atoms with Crippen molar-refractivity contribution in [1.29, 1.82) is 0 Å². The lowest BCUT2D eigenvalue weighted by Gasteiger charge is -2.20. The first-order chi connectivity index (χ1) is 6.75. The van der Waals surface area contributed by atoms with E-state index in [2.05, 4.69) is 25.1 Å². The maximum Gasteiger partial charge on any atom is 0.0406 e. The van der Waals surface area contributed by atoms with Crippen LogP contribution in [0.25, 0.3) is 0 Å². The molecule has 0 fully saturated rings. The zero-order chi connectivity index (χ0) is 9.97. The molecule has 0 radical (unpaired) electrons. The normalized spacial score (nSPS) is 21.9. The number of hydrogen-bond donors (Lipinski definition) is 0. The van der Waals surface area contributed by atoms with Gasteiger partial charge >= 0.3 is 0 Å². The molecular formula is C13H15Cl. The van der Waals surface area contributed by atoms with Crippen LogP contribution in [-0.4, -0.2) is 0 Å². The van der Waals surface area contributed by atoms with Crippen molar-refractivity contribution < 1.29 is 0 Å². The van der Waals surface area contributed by atoms with Crippen LogP contribution in [-0.2, 0) is 0 Å². The lowest BCUT2D eigenvalue weighted by Crippen LogP contribution is -2.02. The Morgan fingerprint density at radius 2 is 1.93 bits per heavy atom. The quantitative estimate of drug-likeness (QED) is 0.592. The van der Waals surface area contributed by atoms with Gasteiger partial charge in [-0.1, -0.05) is 35.4 Å². The first kappa shape index (κ1) is 9.79. The Kier molecular flexibility index (Phi) is 2.93. The fourth-order valence-corrected chi connectivity index (χ4v) is 2.13. The zero-order valence-electron chi connectivity index (χ0n) is 8.46. The second kappa shape index (κ2) is 4.18. The second-order valence-electron chi connectivity index (χ2n) is 4.07. The molecule has 0 spiro atoms. The number of rotatable bonds is 1. The van der Waals surface area contributed by atoms with Crippen molar-refractivity contribution in [1.82, 2.24) is 0 Å². The fraction of sp³-hybridized carbons (Fsp3) is 0.385. The molecule has 1 aromatic rings. The fourth-order valence-electron chi connectivity index (χ4n) is 2.00. The summed E-state index contributed by atoms with van der Waals surface area (Å²) in [6.07, 6.45) is 6.08. The summed E-state index contributed by atoms with van der Waals surface area (Å²) in [7, 11) is 0. The summed E-state index contributed by atoms with van der Waals surface area (Å²) >= 11 is 5.86. The third-order valence-corrected chi connectivity index (χ3v) is 3.23.